The topological polar surface area (TPSA) is 152 Å². The van der Waals surface area contributed by atoms with E-state index in [0.717, 1.165) is 0 Å². The molecule has 0 spiro atoms. The largest absolute Gasteiger partial charge is 0.384 e. The van der Waals surface area contributed by atoms with Crippen molar-refractivity contribution >= 4 is 65.8 Å². The van der Waals surface area contributed by atoms with Crippen LogP contribution in [0.3, 0.4) is 0 Å². The molecule has 8 rings (SSSR count). The summed E-state index contributed by atoms with van der Waals surface area (Å²) in [7, 11) is 7.48. The number of anilines is 2. The quantitative estimate of drug-likeness (QED) is 0.109. The SMILES string of the molecule is CN(C)CCn1c(=O)c2ccc(NCCCNc3ccc4c(=O)n(CCN(C)C)c(=O)n5c6ccccc6c(=O)c3c45)c3c(=O)c4ccccc4n(c1=O)c23. The number of hydrogen-bond acceptors (Lipinski definition) is 10. The molecule has 8 aromatic rings. The van der Waals surface area contributed by atoms with Gasteiger partial charge in [-0.2, -0.15) is 0 Å². The van der Waals surface area contributed by atoms with Crippen molar-refractivity contribution in [3.63, 3.8) is 0 Å². The Hall–Kier alpha value is -6.38. The second kappa shape index (κ2) is 13.8. The fourth-order valence-corrected chi connectivity index (χ4v) is 7.61. The Morgan fingerprint density at radius 2 is 0.909 bits per heavy atom. The predicted molar refractivity (Wildman–Crippen MR) is 219 cm³/mol. The van der Waals surface area contributed by atoms with Crippen molar-refractivity contribution in [2.45, 2.75) is 19.5 Å². The summed E-state index contributed by atoms with van der Waals surface area (Å²) in [6.45, 7) is 2.16. The Morgan fingerprint density at radius 3 is 1.31 bits per heavy atom. The van der Waals surface area contributed by atoms with E-state index in [1.807, 2.05) is 38.0 Å². The van der Waals surface area contributed by atoms with Gasteiger partial charge in [0.2, 0.25) is 0 Å². The van der Waals surface area contributed by atoms with E-state index < -0.39 is 22.5 Å². The summed E-state index contributed by atoms with van der Waals surface area (Å²) >= 11 is 0. The highest BCUT2D eigenvalue weighted by molar-refractivity contribution is 6.08. The van der Waals surface area contributed by atoms with Crippen molar-refractivity contribution in [3.8, 4) is 0 Å². The Kier molecular flexibility index (Phi) is 8.94. The Labute approximate surface area is 312 Å². The van der Waals surface area contributed by atoms with Crippen LogP contribution in [0.1, 0.15) is 6.42 Å². The van der Waals surface area contributed by atoms with Crippen LogP contribution in [-0.4, -0.2) is 82.1 Å². The zero-order valence-electron chi connectivity index (χ0n) is 31.0. The molecule has 0 amide bonds. The number of rotatable bonds is 12. The lowest BCUT2D eigenvalue weighted by molar-refractivity contribution is 0.376. The number of pyridine rings is 2. The Balaban J connectivity index is 1.14. The Morgan fingerprint density at radius 1 is 0.509 bits per heavy atom. The number of likely N-dealkylation sites (N-methyl/N-ethyl adjacent to an activating group) is 2. The van der Waals surface area contributed by atoms with E-state index in [1.54, 1.807) is 72.8 Å². The first-order chi connectivity index (χ1) is 26.5. The average Bonchev–Trinajstić information content (AvgIpc) is 3.16. The van der Waals surface area contributed by atoms with E-state index in [-0.39, 0.29) is 56.5 Å². The van der Waals surface area contributed by atoms with E-state index in [4.69, 9.17) is 0 Å². The van der Waals surface area contributed by atoms with Crippen LogP contribution in [0, 0.1) is 0 Å². The van der Waals surface area contributed by atoms with Crippen molar-refractivity contribution in [1.82, 2.24) is 27.7 Å². The highest BCUT2D eigenvalue weighted by Crippen LogP contribution is 2.28. The maximum Gasteiger partial charge on any atom is 0.336 e. The molecule has 55 heavy (non-hydrogen) atoms. The summed E-state index contributed by atoms with van der Waals surface area (Å²) in [6.07, 6.45) is 0.530. The predicted octanol–water partition coefficient (Wildman–Crippen LogP) is 2.48. The molecule has 280 valence electrons. The smallest absolute Gasteiger partial charge is 0.336 e. The van der Waals surface area contributed by atoms with Crippen molar-refractivity contribution in [3.05, 3.63) is 135 Å². The molecule has 14 nitrogen and oxygen atoms in total. The summed E-state index contributed by atoms with van der Waals surface area (Å²) < 4.78 is 5.40. The molecule has 0 aliphatic carbocycles. The van der Waals surface area contributed by atoms with Gasteiger partial charge in [0, 0.05) is 61.4 Å². The molecule has 2 N–H and O–H groups in total. The molecule has 0 saturated carbocycles. The van der Waals surface area contributed by atoms with Gasteiger partial charge >= 0.3 is 11.4 Å². The Bertz CT molecular complexity index is 2970. The fraction of sp³-hybridized carbons (Fsp3) is 0.268. The second-order valence-electron chi connectivity index (χ2n) is 14.4. The maximum absolute atomic E-state index is 14.0. The van der Waals surface area contributed by atoms with Crippen molar-refractivity contribution in [2.24, 2.45) is 0 Å². The summed E-state index contributed by atoms with van der Waals surface area (Å²) in [6, 6.07) is 20.5. The van der Waals surface area contributed by atoms with Gasteiger partial charge < -0.3 is 20.4 Å². The van der Waals surface area contributed by atoms with Gasteiger partial charge in [-0.1, -0.05) is 24.3 Å². The number of nitrogens with one attached hydrogen (secondary N) is 2. The van der Waals surface area contributed by atoms with Crippen LogP contribution in [0.15, 0.2) is 102 Å². The molecule has 4 aromatic heterocycles. The third-order valence-electron chi connectivity index (χ3n) is 10.4. The number of hydrogen-bond donors (Lipinski definition) is 2. The van der Waals surface area contributed by atoms with Gasteiger partial charge in [-0.3, -0.25) is 37.1 Å². The summed E-state index contributed by atoms with van der Waals surface area (Å²) in [5.41, 5.74) is -0.0528. The van der Waals surface area contributed by atoms with Gasteiger partial charge in [0.05, 0.1) is 43.6 Å². The molecule has 0 atom stereocenters. The highest BCUT2D eigenvalue weighted by Gasteiger charge is 2.22. The highest BCUT2D eigenvalue weighted by atomic mass is 16.2. The minimum absolute atomic E-state index is 0.197. The van der Waals surface area contributed by atoms with Crippen molar-refractivity contribution in [1.29, 1.82) is 0 Å². The molecule has 0 fully saturated rings. The molecular weight excluding hydrogens is 701 g/mol. The lowest BCUT2D eigenvalue weighted by Gasteiger charge is -2.18. The fourth-order valence-electron chi connectivity index (χ4n) is 7.61. The van der Waals surface area contributed by atoms with E-state index in [1.165, 1.54) is 17.9 Å². The molecule has 0 unspecified atom stereocenters. The molecule has 0 aliphatic rings. The average molecular weight is 741 g/mol. The van der Waals surface area contributed by atoms with E-state index in [9.17, 15) is 28.8 Å². The van der Waals surface area contributed by atoms with Gasteiger partial charge in [0.1, 0.15) is 0 Å². The molecule has 0 saturated heterocycles. The van der Waals surface area contributed by atoms with Crippen LogP contribution in [0.25, 0.3) is 54.4 Å². The molecule has 14 heteroatoms. The third kappa shape index (κ3) is 5.72. The van der Waals surface area contributed by atoms with E-state index in [2.05, 4.69) is 10.6 Å². The van der Waals surface area contributed by atoms with Gasteiger partial charge in [0.15, 0.2) is 10.9 Å². The second-order valence-corrected chi connectivity index (χ2v) is 14.4. The van der Waals surface area contributed by atoms with Crippen LogP contribution >= 0.6 is 0 Å². The lowest BCUT2D eigenvalue weighted by atomic mass is 10.0. The summed E-state index contributed by atoms with van der Waals surface area (Å²) in [4.78, 5) is 86.9. The first-order valence-corrected chi connectivity index (χ1v) is 18.2. The van der Waals surface area contributed by atoms with Crippen LogP contribution in [0.5, 0.6) is 0 Å². The number of benzene rings is 4. The number of nitrogens with zero attached hydrogens (tertiary/aromatic N) is 6. The molecule has 0 aliphatic heterocycles. The van der Waals surface area contributed by atoms with Crippen molar-refractivity contribution in [2.75, 3.05) is 65.0 Å². The summed E-state index contributed by atoms with van der Waals surface area (Å²) in [5.74, 6) is 0. The number of para-hydroxylation sites is 2. The molecule has 0 radical (unpaired) electrons. The molecule has 0 bridgehead atoms. The van der Waals surface area contributed by atoms with Gasteiger partial charge in [-0.25, -0.2) is 9.59 Å². The maximum atomic E-state index is 14.0. The van der Waals surface area contributed by atoms with Gasteiger partial charge in [-0.05, 0) is 83.1 Å². The molecular formula is C41H40N8O6. The third-order valence-corrected chi connectivity index (χ3v) is 10.4. The van der Waals surface area contributed by atoms with E-state index in [0.29, 0.717) is 65.8 Å². The normalized spacial score (nSPS) is 12.2. The van der Waals surface area contributed by atoms with Crippen LogP contribution in [0.4, 0.5) is 11.4 Å². The van der Waals surface area contributed by atoms with Crippen molar-refractivity contribution < 1.29 is 0 Å². The lowest BCUT2D eigenvalue weighted by Crippen LogP contribution is -2.40. The van der Waals surface area contributed by atoms with Gasteiger partial charge in [-0.15, -0.1) is 0 Å². The zero-order chi connectivity index (χ0) is 38.7. The standard InChI is InChI=1S/C41H40N8O6/c1-44(2)20-22-46-38(52)26-14-16-28(32-34(26)48(40(46)54)30-12-7-5-10-24(30)36(32)50)42-18-9-19-43-29-17-15-27-35-33(29)37(51)25-11-6-8-13-31(25)49(35)41(55)47(39(27)53)23-21-45(3)4/h5-8,10-17,42-43H,9,18-23H2,1-4H3. The number of aromatic nitrogens is 4. The first kappa shape index (κ1) is 35.6. The van der Waals surface area contributed by atoms with Crippen LogP contribution in [-0.2, 0) is 13.1 Å². The van der Waals surface area contributed by atoms with Crippen LogP contribution < -0.4 is 44.0 Å². The van der Waals surface area contributed by atoms with E-state index >= 15 is 0 Å². The summed E-state index contributed by atoms with van der Waals surface area (Å²) in [5, 5.41) is 8.51. The van der Waals surface area contributed by atoms with Gasteiger partial charge in [0.25, 0.3) is 11.1 Å². The monoisotopic (exact) mass is 740 g/mol. The minimum Gasteiger partial charge on any atom is -0.384 e. The van der Waals surface area contributed by atoms with Crippen LogP contribution in [0.2, 0.25) is 0 Å². The number of fused-ring (bicyclic) bond motifs is 4. The first-order valence-electron chi connectivity index (χ1n) is 18.2. The molecule has 4 aromatic carbocycles. The zero-order valence-corrected chi connectivity index (χ0v) is 31.0. The minimum atomic E-state index is -0.503. The molecule has 4 heterocycles.